The molecule has 1 aliphatic rings. The van der Waals surface area contributed by atoms with Crippen LogP contribution in [0.2, 0.25) is 0 Å². The van der Waals surface area contributed by atoms with Crippen LogP contribution in [0.15, 0.2) is 22.7 Å². The van der Waals surface area contributed by atoms with Crippen LogP contribution in [0.3, 0.4) is 0 Å². The second-order valence-electron chi connectivity index (χ2n) is 4.37. The summed E-state index contributed by atoms with van der Waals surface area (Å²) >= 11 is 5.59. The molecule has 2 rings (SSSR count). The second kappa shape index (κ2) is 6.12. The van der Waals surface area contributed by atoms with Crippen LogP contribution in [0.25, 0.3) is 0 Å². The Labute approximate surface area is 116 Å². The minimum Gasteiger partial charge on any atom is -0.496 e. The highest BCUT2D eigenvalue weighted by atomic mass is 79.9. The molecule has 0 aromatic heterocycles. The number of hydrogen-bond donors (Lipinski definition) is 0. The molecule has 0 saturated carbocycles. The average Bonchev–Trinajstić information content (AvgIpc) is 2.29. The molecule has 1 aromatic carbocycles. The molecule has 0 radical (unpaired) electrons. The normalized spacial score (nSPS) is 21.5. The van der Waals surface area contributed by atoms with Gasteiger partial charge in [-0.25, -0.2) is 0 Å². The first-order valence-electron chi connectivity index (χ1n) is 5.85. The van der Waals surface area contributed by atoms with Crippen LogP contribution in [-0.4, -0.2) is 36.1 Å². The Morgan fingerprint density at radius 1 is 1.53 bits per heavy atom. The van der Waals surface area contributed by atoms with Gasteiger partial charge < -0.3 is 4.74 Å². The Balaban J connectivity index is 2.08. The van der Waals surface area contributed by atoms with Crippen molar-refractivity contribution in [3.05, 3.63) is 28.2 Å². The average molecular weight is 316 g/mol. The van der Waals surface area contributed by atoms with Crippen molar-refractivity contribution in [3.8, 4) is 5.75 Å². The van der Waals surface area contributed by atoms with E-state index in [1.54, 1.807) is 7.11 Å². The molecule has 1 heterocycles. The molecule has 0 N–H and O–H groups in total. The summed E-state index contributed by atoms with van der Waals surface area (Å²) in [7, 11) is 1.74. The summed E-state index contributed by atoms with van der Waals surface area (Å²) in [4.78, 5) is 2.51. The van der Waals surface area contributed by atoms with Crippen LogP contribution in [0, 0.1) is 0 Å². The first-order chi connectivity index (χ1) is 8.19. The van der Waals surface area contributed by atoms with Crippen LogP contribution in [-0.2, 0) is 6.54 Å². The quantitative estimate of drug-likeness (QED) is 0.848. The Kier molecular flexibility index (Phi) is 4.77. The van der Waals surface area contributed by atoms with Crippen molar-refractivity contribution in [2.75, 3.05) is 26.0 Å². The zero-order valence-electron chi connectivity index (χ0n) is 10.3. The molecule has 1 aliphatic heterocycles. The van der Waals surface area contributed by atoms with E-state index in [1.165, 1.54) is 24.4 Å². The monoisotopic (exact) mass is 315 g/mol. The summed E-state index contributed by atoms with van der Waals surface area (Å²) in [6.07, 6.45) is 0. The fourth-order valence-corrected chi connectivity index (χ4v) is 3.64. The van der Waals surface area contributed by atoms with Crippen molar-refractivity contribution in [1.29, 1.82) is 0 Å². The summed E-state index contributed by atoms with van der Waals surface area (Å²) in [5.74, 6) is 2.22. The Hall–Kier alpha value is -0.190. The van der Waals surface area contributed by atoms with Crippen molar-refractivity contribution >= 4 is 27.7 Å². The van der Waals surface area contributed by atoms with E-state index in [-0.39, 0.29) is 0 Å². The first kappa shape index (κ1) is 13.2. The van der Waals surface area contributed by atoms with Crippen LogP contribution in [0.1, 0.15) is 12.5 Å². The van der Waals surface area contributed by atoms with E-state index in [0.29, 0.717) is 0 Å². The van der Waals surface area contributed by atoms with Crippen LogP contribution in [0.5, 0.6) is 5.75 Å². The lowest BCUT2D eigenvalue weighted by atomic mass is 10.2. The molecule has 94 valence electrons. The Bertz CT molecular complexity index is 386. The van der Waals surface area contributed by atoms with Crippen molar-refractivity contribution in [2.45, 2.75) is 18.7 Å². The van der Waals surface area contributed by atoms with Crippen molar-refractivity contribution < 1.29 is 4.74 Å². The highest BCUT2D eigenvalue weighted by Crippen LogP contribution is 2.26. The third-order valence-electron chi connectivity index (χ3n) is 2.96. The Morgan fingerprint density at radius 3 is 3.06 bits per heavy atom. The van der Waals surface area contributed by atoms with E-state index in [1.807, 2.05) is 12.1 Å². The molecule has 0 bridgehead atoms. The van der Waals surface area contributed by atoms with Crippen molar-refractivity contribution in [1.82, 2.24) is 4.90 Å². The van der Waals surface area contributed by atoms with Gasteiger partial charge >= 0.3 is 0 Å². The van der Waals surface area contributed by atoms with Gasteiger partial charge in [-0.05, 0) is 18.2 Å². The van der Waals surface area contributed by atoms with Crippen molar-refractivity contribution in [3.63, 3.8) is 0 Å². The van der Waals surface area contributed by atoms with E-state index < -0.39 is 0 Å². The van der Waals surface area contributed by atoms with Crippen molar-refractivity contribution in [2.24, 2.45) is 0 Å². The van der Waals surface area contributed by atoms with E-state index in [2.05, 4.69) is 45.6 Å². The lowest BCUT2D eigenvalue weighted by molar-refractivity contribution is 0.273. The zero-order valence-corrected chi connectivity index (χ0v) is 12.7. The summed E-state index contributed by atoms with van der Waals surface area (Å²) < 4.78 is 6.53. The van der Waals surface area contributed by atoms with E-state index >= 15 is 0 Å². The molecule has 1 fully saturated rings. The van der Waals surface area contributed by atoms with Gasteiger partial charge in [-0.3, -0.25) is 4.90 Å². The SMILES string of the molecule is COc1ccc(Br)cc1CN1CCSC(C)C1. The smallest absolute Gasteiger partial charge is 0.123 e. The van der Waals surface area contributed by atoms with Gasteiger partial charge in [0.15, 0.2) is 0 Å². The highest BCUT2D eigenvalue weighted by molar-refractivity contribution is 9.10. The summed E-state index contributed by atoms with van der Waals surface area (Å²) in [5, 5.41) is 0.738. The van der Waals surface area contributed by atoms with Gasteiger partial charge in [0.05, 0.1) is 7.11 Å². The lowest BCUT2D eigenvalue weighted by Gasteiger charge is -2.30. The molecule has 17 heavy (non-hydrogen) atoms. The van der Waals surface area contributed by atoms with Crippen LogP contribution in [0.4, 0.5) is 0 Å². The van der Waals surface area contributed by atoms with Gasteiger partial charge in [-0.2, -0.15) is 11.8 Å². The number of halogens is 1. The number of ether oxygens (including phenoxy) is 1. The largest absolute Gasteiger partial charge is 0.496 e. The second-order valence-corrected chi connectivity index (χ2v) is 6.83. The van der Waals surface area contributed by atoms with Gasteiger partial charge in [0.1, 0.15) is 5.75 Å². The van der Waals surface area contributed by atoms with E-state index in [0.717, 1.165) is 22.0 Å². The number of thioether (sulfide) groups is 1. The maximum atomic E-state index is 5.42. The number of rotatable bonds is 3. The Morgan fingerprint density at radius 2 is 2.35 bits per heavy atom. The van der Waals surface area contributed by atoms with Gasteiger partial charge in [0.25, 0.3) is 0 Å². The fraction of sp³-hybridized carbons (Fsp3) is 0.538. The molecular weight excluding hydrogens is 298 g/mol. The van der Waals surface area contributed by atoms with E-state index in [4.69, 9.17) is 4.74 Å². The maximum absolute atomic E-state index is 5.42. The number of hydrogen-bond acceptors (Lipinski definition) is 3. The van der Waals surface area contributed by atoms with E-state index in [9.17, 15) is 0 Å². The third kappa shape index (κ3) is 3.63. The minimum atomic E-state index is 0.738. The fourth-order valence-electron chi connectivity index (χ4n) is 2.15. The molecule has 0 spiro atoms. The molecule has 1 atom stereocenters. The van der Waals surface area contributed by atoms with Crippen LogP contribution < -0.4 is 4.74 Å². The predicted molar refractivity (Wildman–Crippen MR) is 77.9 cm³/mol. The molecule has 0 aliphatic carbocycles. The number of nitrogens with zero attached hydrogens (tertiary/aromatic N) is 1. The number of benzene rings is 1. The summed E-state index contributed by atoms with van der Waals surface area (Å²) in [6, 6.07) is 6.21. The lowest BCUT2D eigenvalue weighted by Crippen LogP contribution is -2.36. The number of methoxy groups -OCH3 is 1. The predicted octanol–water partition coefficient (Wildman–Crippen LogP) is 3.40. The molecule has 4 heteroatoms. The summed E-state index contributed by atoms with van der Waals surface area (Å²) in [5.41, 5.74) is 1.26. The molecule has 1 aromatic rings. The maximum Gasteiger partial charge on any atom is 0.123 e. The third-order valence-corrected chi connectivity index (χ3v) is 4.59. The van der Waals surface area contributed by atoms with Gasteiger partial charge in [0.2, 0.25) is 0 Å². The zero-order chi connectivity index (χ0) is 12.3. The standard InChI is InChI=1S/C13H18BrNOS/c1-10-8-15(5-6-17-10)9-11-7-12(14)3-4-13(11)16-2/h3-4,7,10H,5-6,8-9H2,1-2H3. The molecule has 0 amide bonds. The molecule has 1 unspecified atom stereocenters. The minimum absolute atomic E-state index is 0.738. The highest BCUT2D eigenvalue weighted by Gasteiger charge is 2.18. The molecule has 2 nitrogen and oxygen atoms in total. The first-order valence-corrected chi connectivity index (χ1v) is 7.69. The summed E-state index contributed by atoms with van der Waals surface area (Å²) in [6.45, 7) is 5.62. The van der Waals surface area contributed by atoms with Gasteiger partial charge in [-0.15, -0.1) is 0 Å². The molecular formula is C13H18BrNOS. The van der Waals surface area contributed by atoms with Gasteiger partial charge in [0, 0.05) is 40.7 Å². The molecule has 1 saturated heterocycles. The van der Waals surface area contributed by atoms with Crippen LogP contribution >= 0.6 is 27.7 Å². The van der Waals surface area contributed by atoms with Gasteiger partial charge in [-0.1, -0.05) is 22.9 Å². The topological polar surface area (TPSA) is 12.5 Å².